The van der Waals surface area contributed by atoms with Crippen molar-refractivity contribution < 1.29 is 13.2 Å². The van der Waals surface area contributed by atoms with Gasteiger partial charge in [0.1, 0.15) is 5.15 Å². The lowest BCUT2D eigenvalue weighted by atomic mass is 10.3. The highest BCUT2D eigenvalue weighted by molar-refractivity contribution is 7.89. The highest BCUT2D eigenvalue weighted by Gasteiger charge is 2.12. The number of aromatic nitrogens is 1. The molecular weight excluding hydrogens is 266 g/mol. The van der Waals surface area contributed by atoms with E-state index in [1.54, 1.807) is 6.07 Å². The van der Waals surface area contributed by atoms with Crippen LogP contribution in [0, 0.1) is 0 Å². The number of hydrogen-bond acceptors (Lipinski definition) is 4. The summed E-state index contributed by atoms with van der Waals surface area (Å²) in [5, 5.41) is 2.53. The molecule has 1 amide bonds. The lowest BCUT2D eigenvalue weighted by molar-refractivity contribution is 0.0956. The molecule has 1 heterocycles. The molecule has 0 fully saturated rings. The maximum absolute atomic E-state index is 11.6. The van der Waals surface area contributed by atoms with Crippen molar-refractivity contribution in [1.29, 1.82) is 0 Å². The SMILES string of the molecule is CNS(=O)(=O)CCNC(=O)c1cccnc1Cl. The Morgan fingerprint density at radius 1 is 1.53 bits per heavy atom. The quantitative estimate of drug-likeness (QED) is 0.743. The molecule has 0 aliphatic heterocycles. The number of carbonyl (C=O) groups is 1. The van der Waals surface area contributed by atoms with E-state index < -0.39 is 15.9 Å². The predicted molar refractivity (Wildman–Crippen MR) is 64.4 cm³/mol. The molecule has 17 heavy (non-hydrogen) atoms. The highest BCUT2D eigenvalue weighted by Crippen LogP contribution is 2.10. The van der Waals surface area contributed by atoms with Crippen LogP contribution < -0.4 is 10.0 Å². The molecule has 0 aliphatic carbocycles. The van der Waals surface area contributed by atoms with Gasteiger partial charge in [0.2, 0.25) is 10.0 Å². The minimum Gasteiger partial charge on any atom is -0.351 e. The summed E-state index contributed by atoms with van der Waals surface area (Å²) in [5.41, 5.74) is 0.219. The third kappa shape index (κ3) is 4.29. The van der Waals surface area contributed by atoms with E-state index in [2.05, 4.69) is 15.0 Å². The zero-order valence-corrected chi connectivity index (χ0v) is 10.7. The van der Waals surface area contributed by atoms with Crippen LogP contribution in [0.3, 0.4) is 0 Å². The van der Waals surface area contributed by atoms with Crippen molar-refractivity contribution in [1.82, 2.24) is 15.0 Å². The molecule has 0 unspecified atom stereocenters. The average Bonchev–Trinajstić information content (AvgIpc) is 2.29. The fourth-order valence-electron chi connectivity index (χ4n) is 1.05. The number of nitrogens with one attached hydrogen (secondary N) is 2. The molecule has 0 bridgehead atoms. The van der Waals surface area contributed by atoms with Crippen molar-refractivity contribution in [3.8, 4) is 0 Å². The van der Waals surface area contributed by atoms with Crippen molar-refractivity contribution in [2.24, 2.45) is 0 Å². The van der Waals surface area contributed by atoms with Gasteiger partial charge >= 0.3 is 0 Å². The number of halogens is 1. The molecule has 0 saturated heterocycles. The molecule has 0 aromatic carbocycles. The summed E-state index contributed by atoms with van der Waals surface area (Å²) in [6.45, 7) is 0.00717. The third-order valence-corrected chi connectivity index (χ3v) is 3.64. The Morgan fingerprint density at radius 3 is 2.82 bits per heavy atom. The molecule has 1 rings (SSSR count). The van der Waals surface area contributed by atoms with Gasteiger partial charge in [-0.3, -0.25) is 4.79 Å². The van der Waals surface area contributed by atoms with Gasteiger partial charge in [0, 0.05) is 12.7 Å². The van der Waals surface area contributed by atoms with E-state index in [0.29, 0.717) is 0 Å². The molecule has 0 aliphatic rings. The number of hydrogen-bond donors (Lipinski definition) is 2. The fraction of sp³-hybridized carbons (Fsp3) is 0.333. The third-order valence-electron chi connectivity index (χ3n) is 1.97. The molecule has 0 radical (unpaired) electrons. The van der Waals surface area contributed by atoms with Gasteiger partial charge < -0.3 is 5.32 Å². The van der Waals surface area contributed by atoms with Crippen LogP contribution in [-0.4, -0.2) is 38.7 Å². The van der Waals surface area contributed by atoms with Crippen LogP contribution in [0.5, 0.6) is 0 Å². The summed E-state index contributed by atoms with van der Waals surface area (Å²) in [7, 11) is -2.01. The lowest BCUT2D eigenvalue weighted by Gasteiger charge is -2.06. The van der Waals surface area contributed by atoms with Crippen LogP contribution in [0.15, 0.2) is 18.3 Å². The molecule has 0 saturated carbocycles. The van der Waals surface area contributed by atoms with Crippen LogP contribution in [-0.2, 0) is 10.0 Å². The molecule has 1 aromatic rings. The largest absolute Gasteiger partial charge is 0.351 e. The van der Waals surface area contributed by atoms with E-state index in [-0.39, 0.29) is 23.0 Å². The summed E-state index contributed by atoms with van der Waals surface area (Å²) in [5.74, 6) is -0.637. The highest BCUT2D eigenvalue weighted by atomic mass is 35.5. The number of nitrogens with zero attached hydrogens (tertiary/aromatic N) is 1. The van der Waals surface area contributed by atoms with Crippen LogP contribution in [0.25, 0.3) is 0 Å². The Balaban J connectivity index is 2.55. The van der Waals surface area contributed by atoms with Crippen molar-refractivity contribution >= 4 is 27.5 Å². The summed E-state index contributed by atoms with van der Waals surface area (Å²) in [6, 6.07) is 3.09. The standard InChI is InChI=1S/C9H12ClN3O3S/c1-11-17(15,16)6-5-13-9(14)7-3-2-4-12-8(7)10/h2-4,11H,5-6H2,1H3,(H,13,14). The van der Waals surface area contributed by atoms with Crippen molar-refractivity contribution in [3.63, 3.8) is 0 Å². The first-order valence-corrected chi connectivity index (χ1v) is 6.79. The number of rotatable bonds is 5. The Labute approximate surface area is 104 Å². The summed E-state index contributed by atoms with van der Waals surface area (Å²) in [4.78, 5) is 15.3. The van der Waals surface area contributed by atoms with E-state index >= 15 is 0 Å². The number of sulfonamides is 1. The summed E-state index contributed by atoms with van der Waals surface area (Å²) in [6.07, 6.45) is 1.46. The van der Waals surface area contributed by atoms with Crippen molar-refractivity contribution in [2.45, 2.75) is 0 Å². The Morgan fingerprint density at radius 2 is 2.24 bits per heavy atom. The van der Waals surface area contributed by atoms with Crippen LogP contribution in [0.2, 0.25) is 5.15 Å². The molecular formula is C9H12ClN3O3S. The molecule has 6 nitrogen and oxygen atoms in total. The summed E-state index contributed by atoms with van der Waals surface area (Å²) < 4.78 is 24.3. The minimum atomic E-state index is -3.32. The Hall–Kier alpha value is -1.18. The van der Waals surface area contributed by atoms with Crippen LogP contribution in [0.1, 0.15) is 10.4 Å². The molecule has 0 atom stereocenters. The van der Waals surface area contributed by atoms with Crippen LogP contribution >= 0.6 is 11.6 Å². The number of carbonyl (C=O) groups excluding carboxylic acids is 1. The fourth-order valence-corrected chi connectivity index (χ4v) is 1.83. The zero-order chi connectivity index (χ0) is 12.9. The predicted octanol–water partition coefficient (Wildman–Crippen LogP) is 0.0140. The van der Waals surface area contributed by atoms with Gasteiger partial charge in [0.05, 0.1) is 11.3 Å². The van der Waals surface area contributed by atoms with E-state index in [4.69, 9.17) is 11.6 Å². The van der Waals surface area contributed by atoms with E-state index in [1.165, 1.54) is 19.3 Å². The lowest BCUT2D eigenvalue weighted by Crippen LogP contribution is -2.33. The minimum absolute atomic E-state index is 0.00717. The monoisotopic (exact) mass is 277 g/mol. The van der Waals surface area contributed by atoms with E-state index in [1.807, 2.05) is 0 Å². The summed E-state index contributed by atoms with van der Waals surface area (Å²) >= 11 is 5.71. The van der Waals surface area contributed by atoms with Gasteiger partial charge in [0.25, 0.3) is 5.91 Å². The van der Waals surface area contributed by atoms with Gasteiger partial charge in [-0.15, -0.1) is 0 Å². The van der Waals surface area contributed by atoms with Gasteiger partial charge in [-0.2, -0.15) is 0 Å². The maximum Gasteiger partial charge on any atom is 0.254 e. The molecule has 94 valence electrons. The van der Waals surface area contributed by atoms with Gasteiger partial charge in [-0.1, -0.05) is 11.6 Å². The smallest absolute Gasteiger partial charge is 0.254 e. The molecule has 8 heteroatoms. The van der Waals surface area contributed by atoms with Gasteiger partial charge in [-0.05, 0) is 19.2 Å². The topological polar surface area (TPSA) is 88.2 Å². The van der Waals surface area contributed by atoms with Crippen molar-refractivity contribution in [3.05, 3.63) is 29.0 Å². The zero-order valence-electron chi connectivity index (χ0n) is 9.10. The second-order valence-electron chi connectivity index (χ2n) is 3.12. The van der Waals surface area contributed by atoms with Gasteiger partial charge in [0.15, 0.2) is 0 Å². The second kappa shape index (κ2) is 5.95. The Bertz CT molecular complexity index is 504. The number of pyridine rings is 1. The first-order chi connectivity index (χ1) is 7.96. The second-order valence-corrected chi connectivity index (χ2v) is 5.52. The van der Waals surface area contributed by atoms with Crippen LogP contribution in [0.4, 0.5) is 0 Å². The maximum atomic E-state index is 11.6. The van der Waals surface area contributed by atoms with E-state index in [9.17, 15) is 13.2 Å². The van der Waals surface area contributed by atoms with Gasteiger partial charge in [-0.25, -0.2) is 18.1 Å². The average molecular weight is 278 g/mol. The first-order valence-electron chi connectivity index (χ1n) is 4.76. The molecule has 2 N–H and O–H groups in total. The molecule has 0 spiro atoms. The van der Waals surface area contributed by atoms with Crippen molar-refractivity contribution in [2.75, 3.05) is 19.3 Å². The molecule has 1 aromatic heterocycles. The first kappa shape index (κ1) is 13.9. The number of amides is 1. The Kier molecular flexibility index (Phi) is 4.86. The van der Waals surface area contributed by atoms with E-state index in [0.717, 1.165) is 0 Å². The normalized spacial score (nSPS) is 11.2.